The van der Waals surface area contributed by atoms with Gasteiger partial charge in [0.2, 0.25) is 5.90 Å². The average Bonchev–Trinajstić information content (AvgIpc) is 2.95. The molecule has 120 valence electrons. The Labute approximate surface area is 148 Å². The summed E-state index contributed by atoms with van der Waals surface area (Å²) in [5.74, 6) is 0.592. The molecule has 0 aliphatic carbocycles. The maximum atomic E-state index is 12.0. The number of carbonyl (C=O) groups excluding carboxylic acids is 1. The van der Waals surface area contributed by atoms with Crippen LogP contribution in [0.1, 0.15) is 11.1 Å². The van der Waals surface area contributed by atoms with Crippen LogP contribution in [0.15, 0.2) is 76.3 Å². The summed E-state index contributed by atoms with van der Waals surface area (Å²) in [6, 6.07) is 14.8. The smallest absolute Gasteiger partial charge is 0.363 e. The zero-order valence-corrected chi connectivity index (χ0v) is 14.3. The molecule has 2 aromatic rings. The van der Waals surface area contributed by atoms with Crippen molar-refractivity contribution in [1.29, 1.82) is 0 Å². The Balaban J connectivity index is 1.80. The van der Waals surface area contributed by atoms with E-state index in [1.807, 2.05) is 48.5 Å². The fraction of sp³-hybridized carbons (Fsp3) is 0.0526. The van der Waals surface area contributed by atoms with E-state index in [0.717, 1.165) is 21.3 Å². The van der Waals surface area contributed by atoms with Crippen LogP contribution >= 0.6 is 15.9 Å². The second-order valence-corrected chi connectivity index (χ2v) is 5.93. The van der Waals surface area contributed by atoms with E-state index in [9.17, 15) is 4.79 Å². The maximum absolute atomic E-state index is 12.0. The highest BCUT2D eigenvalue weighted by Gasteiger charge is 2.23. The molecule has 1 heterocycles. The molecule has 3 rings (SSSR count). The quantitative estimate of drug-likeness (QED) is 0.437. The number of esters is 1. The molecule has 24 heavy (non-hydrogen) atoms. The summed E-state index contributed by atoms with van der Waals surface area (Å²) in [4.78, 5) is 16.3. The van der Waals surface area contributed by atoms with Gasteiger partial charge in [-0.25, -0.2) is 9.79 Å². The van der Waals surface area contributed by atoms with Crippen LogP contribution in [0.5, 0.6) is 5.75 Å². The molecule has 0 aromatic heterocycles. The highest BCUT2D eigenvalue weighted by Crippen LogP contribution is 2.21. The summed E-state index contributed by atoms with van der Waals surface area (Å²) in [6.07, 6.45) is 3.37. The predicted octanol–water partition coefficient (Wildman–Crippen LogP) is 4.36. The van der Waals surface area contributed by atoms with Crippen LogP contribution in [0.2, 0.25) is 0 Å². The Morgan fingerprint density at radius 1 is 1.12 bits per heavy atom. The molecular formula is C19H14BrNO3. The molecule has 0 spiro atoms. The predicted molar refractivity (Wildman–Crippen MR) is 96.9 cm³/mol. The van der Waals surface area contributed by atoms with Gasteiger partial charge in [-0.15, -0.1) is 0 Å². The van der Waals surface area contributed by atoms with Crippen molar-refractivity contribution in [2.45, 2.75) is 0 Å². The summed E-state index contributed by atoms with van der Waals surface area (Å²) >= 11 is 3.37. The Hall–Kier alpha value is -2.66. The normalized spacial score (nSPS) is 15.1. The number of benzene rings is 2. The molecule has 0 bridgehead atoms. The number of hydrogen-bond acceptors (Lipinski definition) is 4. The minimum absolute atomic E-state index is 0.271. The van der Waals surface area contributed by atoms with Crippen LogP contribution in [-0.2, 0) is 9.53 Å². The van der Waals surface area contributed by atoms with Gasteiger partial charge in [0.15, 0.2) is 5.70 Å². The third-order valence-corrected chi connectivity index (χ3v) is 3.79. The van der Waals surface area contributed by atoms with Crippen LogP contribution in [0.3, 0.4) is 0 Å². The highest BCUT2D eigenvalue weighted by molar-refractivity contribution is 9.10. The standard InChI is InChI=1S/C19H14BrNO3/c1-2-11-23-16-9-3-13(4-10-16)12-17-19(22)24-18(21-17)14-5-7-15(20)8-6-14/h2-10,12H,1,11H2/b17-12-. The average molecular weight is 384 g/mol. The third-order valence-electron chi connectivity index (χ3n) is 3.26. The molecule has 0 atom stereocenters. The molecule has 0 amide bonds. The van der Waals surface area contributed by atoms with Crippen molar-refractivity contribution >= 4 is 33.9 Å². The molecule has 0 saturated heterocycles. The van der Waals surface area contributed by atoms with Crippen LogP contribution in [0.25, 0.3) is 6.08 Å². The minimum atomic E-state index is -0.458. The summed E-state index contributed by atoms with van der Waals surface area (Å²) in [5.41, 5.74) is 1.87. The van der Waals surface area contributed by atoms with E-state index in [4.69, 9.17) is 9.47 Å². The Morgan fingerprint density at radius 2 is 1.83 bits per heavy atom. The van der Waals surface area contributed by atoms with Gasteiger partial charge in [-0.3, -0.25) is 0 Å². The molecule has 1 aliphatic rings. The molecule has 4 nitrogen and oxygen atoms in total. The fourth-order valence-corrected chi connectivity index (χ4v) is 2.36. The van der Waals surface area contributed by atoms with E-state index in [-0.39, 0.29) is 5.70 Å². The van der Waals surface area contributed by atoms with Gasteiger partial charge in [-0.1, -0.05) is 40.7 Å². The molecule has 1 aliphatic heterocycles. The lowest BCUT2D eigenvalue weighted by atomic mass is 10.2. The zero-order valence-electron chi connectivity index (χ0n) is 12.7. The monoisotopic (exact) mass is 383 g/mol. The molecule has 0 fully saturated rings. The Morgan fingerprint density at radius 3 is 2.50 bits per heavy atom. The van der Waals surface area contributed by atoms with Crippen LogP contribution < -0.4 is 4.74 Å². The van der Waals surface area contributed by atoms with Crippen molar-refractivity contribution in [2.24, 2.45) is 4.99 Å². The molecule has 0 N–H and O–H groups in total. The number of carbonyl (C=O) groups is 1. The third kappa shape index (κ3) is 3.81. The Bertz CT molecular complexity index is 821. The first kappa shape index (κ1) is 16.2. The number of aliphatic imine (C=N–C) groups is 1. The lowest BCUT2D eigenvalue weighted by Gasteiger charge is -2.02. The topological polar surface area (TPSA) is 47.9 Å². The number of nitrogens with zero attached hydrogens (tertiary/aromatic N) is 1. The van der Waals surface area contributed by atoms with Crippen molar-refractivity contribution in [3.63, 3.8) is 0 Å². The number of ether oxygens (including phenoxy) is 2. The molecule has 5 heteroatoms. The molecule has 0 unspecified atom stereocenters. The van der Waals surface area contributed by atoms with Gasteiger partial charge < -0.3 is 9.47 Å². The Kier molecular flexibility index (Phi) is 4.91. The first-order valence-corrected chi connectivity index (χ1v) is 8.07. The van der Waals surface area contributed by atoms with E-state index in [2.05, 4.69) is 27.5 Å². The summed E-state index contributed by atoms with van der Waals surface area (Å²) < 4.78 is 11.6. The number of rotatable bonds is 5. The molecular weight excluding hydrogens is 370 g/mol. The van der Waals surface area contributed by atoms with Gasteiger partial charge in [0.25, 0.3) is 0 Å². The summed E-state index contributed by atoms with van der Waals surface area (Å²) in [5, 5.41) is 0. The van der Waals surface area contributed by atoms with Gasteiger partial charge in [0.05, 0.1) is 0 Å². The van der Waals surface area contributed by atoms with E-state index in [1.165, 1.54) is 0 Å². The van der Waals surface area contributed by atoms with Gasteiger partial charge in [0, 0.05) is 10.0 Å². The van der Waals surface area contributed by atoms with Crippen molar-refractivity contribution in [2.75, 3.05) is 6.61 Å². The van der Waals surface area contributed by atoms with E-state index in [1.54, 1.807) is 12.2 Å². The fourth-order valence-electron chi connectivity index (χ4n) is 2.10. The number of hydrogen-bond donors (Lipinski definition) is 0. The van der Waals surface area contributed by atoms with Crippen LogP contribution in [0, 0.1) is 0 Å². The van der Waals surface area contributed by atoms with E-state index < -0.39 is 5.97 Å². The zero-order chi connectivity index (χ0) is 16.9. The molecule has 2 aromatic carbocycles. The van der Waals surface area contributed by atoms with Crippen molar-refractivity contribution < 1.29 is 14.3 Å². The number of cyclic esters (lactones) is 1. The van der Waals surface area contributed by atoms with Crippen LogP contribution in [0.4, 0.5) is 0 Å². The second-order valence-electron chi connectivity index (χ2n) is 5.01. The van der Waals surface area contributed by atoms with E-state index in [0.29, 0.717) is 12.5 Å². The minimum Gasteiger partial charge on any atom is -0.490 e. The van der Waals surface area contributed by atoms with Crippen LogP contribution in [-0.4, -0.2) is 18.5 Å². The van der Waals surface area contributed by atoms with Crippen molar-refractivity contribution in [3.05, 3.63) is 82.5 Å². The van der Waals surface area contributed by atoms with Crippen molar-refractivity contribution in [1.82, 2.24) is 0 Å². The maximum Gasteiger partial charge on any atom is 0.363 e. The lowest BCUT2D eigenvalue weighted by molar-refractivity contribution is -0.129. The summed E-state index contributed by atoms with van der Waals surface area (Å²) in [7, 11) is 0. The molecule has 0 radical (unpaired) electrons. The first-order chi connectivity index (χ1) is 11.7. The SMILES string of the molecule is C=CCOc1ccc(/C=C2\N=C(c3ccc(Br)cc3)OC2=O)cc1. The number of halogens is 1. The van der Waals surface area contributed by atoms with Gasteiger partial charge >= 0.3 is 5.97 Å². The highest BCUT2D eigenvalue weighted by atomic mass is 79.9. The van der Waals surface area contributed by atoms with Gasteiger partial charge in [-0.05, 0) is 48.0 Å². The first-order valence-electron chi connectivity index (χ1n) is 7.28. The van der Waals surface area contributed by atoms with Gasteiger partial charge in [-0.2, -0.15) is 0 Å². The van der Waals surface area contributed by atoms with E-state index >= 15 is 0 Å². The largest absolute Gasteiger partial charge is 0.490 e. The lowest BCUT2D eigenvalue weighted by Crippen LogP contribution is -2.05. The van der Waals surface area contributed by atoms with Gasteiger partial charge in [0.1, 0.15) is 12.4 Å². The summed E-state index contributed by atoms with van der Waals surface area (Å²) in [6.45, 7) is 4.06. The second kappa shape index (κ2) is 7.27. The van der Waals surface area contributed by atoms with Crippen molar-refractivity contribution in [3.8, 4) is 5.75 Å². The molecule has 0 saturated carbocycles.